The molecule has 3 heterocycles. The summed E-state index contributed by atoms with van der Waals surface area (Å²) in [5.41, 5.74) is 3.58. The van der Waals surface area contributed by atoms with Crippen LogP contribution in [0.3, 0.4) is 0 Å². The number of hydrogen-bond donors (Lipinski definition) is 0. The molecule has 0 aliphatic carbocycles. The smallest absolute Gasteiger partial charge is 0.128 e. The quantitative estimate of drug-likeness (QED) is 0.266. The summed E-state index contributed by atoms with van der Waals surface area (Å²) in [4.78, 5) is 10.5. The Labute approximate surface area is 182 Å². The Morgan fingerprint density at radius 2 is 1.70 bits per heavy atom. The molecular weight excluding hydrogens is 404 g/mol. The highest BCUT2D eigenvalue weighted by atomic mass is 32.1. The molecule has 3 aromatic heterocycles. The Morgan fingerprint density at radius 1 is 0.833 bits per heavy atom. The van der Waals surface area contributed by atoms with Crippen LogP contribution in [0.15, 0.2) is 66.3 Å². The molecule has 2 nitrogen and oxygen atoms in total. The van der Waals surface area contributed by atoms with Gasteiger partial charge in [0.1, 0.15) is 11.2 Å². The number of nitrogens with zero attached hydrogens (tertiary/aromatic N) is 2. The Balaban J connectivity index is 1.73. The zero-order valence-corrected chi connectivity index (χ0v) is 18.7. The third kappa shape index (κ3) is 2.60. The lowest BCUT2D eigenvalue weighted by Gasteiger charge is -2.22. The van der Waals surface area contributed by atoms with Crippen molar-refractivity contribution in [2.45, 2.75) is 26.2 Å². The van der Waals surface area contributed by atoms with Gasteiger partial charge < -0.3 is 0 Å². The first kappa shape index (κ1) is 18.0. The van der Waals surface area contributed by atoms with Crippen LogP contribution in [0.5, 0.6) is 0 Å². The maximum atomic E-state index is 4.80. The minimum atomic E-state index is 0.0430. The standard InChI is InChI=1S/C26H20N2S2/c1-26(2,3)20-13-16(12-15-6-4-5-7-17(15)20)23-22-19-8-9-21-18(10-11-29-21)24(19)30-25(22)28-14-27-23/h4-14H,1-3H3. The van der Waals surface area contributed by atoms with Gasteiger partial charge in [-0.1, -0.05) is 51.1 Å². The number of benzene rings is 3. The first-order valence-electron chi connectivity index (χ1n) is 10.1. The number of aromatic nitrogens is 2. The summed E-state index contributed by atoms with van der Waals surface area (Å²) in [6, 6.07) is 20.0. The molecule has 0 aliphatic rings. The first-order valence-corrected chi connectivity index (χ1v) is 11.8. The minimum absolute atomic E-state index is 0.0430. The molecule has 0 spiro atoms. The van der Waals surface area contributed by atoms with Gasteiger partial charge in [-0.25, -0.2) is 9.97 Å². The van der Waals surface area contributed by atoms with E-state index in [1.54, 1.807) is 29.0 Å². The van der Waals surface area contributed by atoms with Gasteiger partial charge in [0.15, 0.2) is 0 Å². The molecular formula is C26H20N2S2. The minimum Gasteiger partial charge on any atom is -0.236 e. The van der Waals surface area contributed by atoms with Crippen molar-refractivity contribution >= 4 is 63.8 Å². The van der Waals surface area contributed by atoms with Gasteiger partial charge in [-0.2, -0.15) is 0 Å². The van der Waals surface area contributed by atoms with Gasteiger partial charge in [-0.05, 0) is 51.4 Å². The van der Waals surface area contributed by atoms with E-state index < -0.39 is 0 Å². The molecule has 0 fully saturated rings. The Kier molecular flexibility index (Phi) is 3.80. The van der Waals surface area contributed by atoms with Gasteiger partial charge in [-0.3, -0.25) is 0 Å². The van der Waals surface area contributed by atoms with E-state index in [-0.39, 0.29) is 5.41 Å². The number of fused-ring (bicyclic) bond motifs is 6. The number of rotatable bonds is 1. The van der Waals surface area contributed by atoms with E-state index in [4.69, 9.17) is 4.98 Å². The fourth-order valence-corrected chi connectivity index (χ4v) is 6.43. The predicted molar refractivity (Wildman–Crippen MR) is 132 cm³/mol. The number of thiophene rings is 2. The summed E-state index contributed by atoms with van der Waals surface area (Å²) in [7, 11) is 0. The van der Waals surface area contributed by atoms with E-state index in [2.05, 4.69) is 85.7 Å². The van der Waals surface area contributed by atoms with Crippen molar-refractivity contribution in [3.8, 4) is 11.3 Å². The molecule has 6 aromatic rings. The maximum Gasteiger partial charge on any atom is 0.128 e. The third-order valence-corrected chi connectivity index (χ3v) is 7.84. The third-order valence-electron chi connectivity index (χ3n) is 5.81. The Morgan fingerprint density at radius 3 is 2.57 bits per heavy atom. The van der Waals surface area contributed by atoms with Crippen molar-refractivity contribution in [2.75, 3.05) is 0 Å². The van der Waals surface area contributed by atoms with E-state index >= 15 is 0 Å². The molecule has 6 rings (SSSR count). The van der Waals surface area contributed by atoms with E-state index in [1.165, 1.54) is 41.9 Å². The van der Waals surface area contributed by atoms with Gasteiger partial charge in [0.25, 0.3) is 0 Å². The summed E-state index contributed by atoms with van der Waals surface area (Å²) < 4.78 is 2.63. The van der Waals surface area contributed by atoms with Crippen LogP contribution in [0, 0.1) is 0 Å². The molecule has 30 heavy (non-hydrogen) atoms. The van der Waals surface area contributed by atoms with Crippen LogP contribution >= 0.6 is 22.7 Å². The van der Waals surface area contributed by atoms with Crippen LogP contribution in [-0.4, -0.2) is 9.97 Å². The lowest BCUT2D eigenvalue weighted by atomic mass is 9.82. The van der Waals surface area contributed by atoms with Crippen LogP contribution in [0.4, 0.5) is 0 Å². The van der Waals surface area contributed by atoms with Crippen LogP contribution < -0.4 is 0 Å². The molecule has 0 N–H and O–H groups in total. The average molecular weight is 425 g/mol. The van der Waals surface area contributed by atoms with Crippen LogP contribution in [0.2, 0.25) is 0 Å². The number of hydrogen-bond acceptors (Lipinski definition) is 4. The van der Waals surface area contributed by atoms with E-state index in [9.17, 15) is 0 Å². The maximum absolute atomic E-state index is 4.80. The van der Waals surface area contributed by atoms with Crippen molar-refractivity contribution in [1.29, 1.82) is 0 Å². The molecule has 3 aromatic carbocycles. The molecule has 0 bridgehead atoms. The van der Waals surface area contributed by atoms with E-state index in [0.717, 1.165) is 16.1 Å². The second kappa shape index (κ2) is 6.34. The summed E-state index contributed by atoms with van der Waals surface area (Å²) in [6.07, 6.45) is 1.71. The summed E-state index contributed by atoms with van der Waals surface area (Å²) in [6.45, 7) is 6.84. The van der Waals surface area contributed by atoms with Crippen molar-refractivity contribution in [3.63, 3.8) is 0 Å². The predicted octanol–water partition coefficient (Wildman–Crippen LogP) is 8.18. The van der Waals surface area contributed by atoms with Crippen molar-refractivity contribution < 1.29 is 0 Å². The average Bonchev–Trinajstić information content (AvgIpc) is 3.36. The molecule has 0 saturated heterocycles. The van der Waals surface area contributed by atoms with Crippen LogP contribution in [-0.2, 0) is 5.41 Å². The van der Waals surface area contributed by atoms with Gasteiger partial charge in [0.05, 0.1) is 5.69 Å². The summed E-state index contributed by atoms with van der Waals surface area (Å²) in [5.74, 6) is 0. The van der Waals surface area contributed by atoms with E-state index in [1.807, 2.05) is 0 Å². The van der Waals surface area contributed by atoms with Crippen molar-refractivity contribution in [3.05, 3.63) is 71.9 Å². The zero-order valence-electron chi connectivity index (χ0n) is 17.1. The monoisotopic (exact) mass is 424 g/mol. The summed E-state index contributed by atoms with van der Waals surface area (Å²) in [5, 5.41) is 8.48. The highest BCUT2D eigenvalue weighted by Gasteiger charge is 2.21. The molecule has 0 unspecified atom stereocenters. The van der Waals surface area contributed by atoms with Gasteiger partial charge >= 0.3 is 0 Å². The van der Waals surface area contributed by atoms with Crippen molar-refractivity contribution in [2.24, 2.45) is 0 Å². The first-order chi connectivity index (χ1) is 14.5. The van der Waals surface area contributed by atoms with Gasteiger partial charge in [0, 0.05) is 31.1 Å². The molecule has 0 atom stereocenters. The van der Waals surface area contributed by atoms with Crippen molar-refractivity contribution in [1.82, 2.24) is 9.97 Å². The fourth-order valence-electron chi connectivity index (χ4n) is 4.40. The largest absolute Gasteiger partial charge is 0.236 e. The lowest BCUT2D eigenvalue weighted by molar-refractivity contribution is 0.596. The van der Waals surface area contributed by atoms with Crippen LogP contribution in [0.1, 0.15) is 26.3 Å². The second-order valence-corrected chi connectivity index (χ2v) is 10.7. The zero-order chi connectivity index (χ0) is 20.5. The van der Waals surface area contributed by atoms with E-state index in [0.29, 0.717) is 0 Å². The summed E-state index contributed by atoms with van der Waals surface area (Å²) >= 11 is 3.56. The second-order valence-electron chi connectivity index (χ2n) is 8.77. The fraction of sp³-hybridized carbons (Fsp3) is 0.154. The molecule has 146 valence electrons. The SMILES string of the molecule is CC(C)(C)c1cc(-c2ncnc3sc4c5ccsc5ccc4c23)cc2ccccc12. The highest BCUT2D eigenvalue weighted by Crippen LogP contribution is 2.43. The lowest BCUT2D eigenvalue weighted by Crippen LogP contribution is -2.12. The van der Waals surface area contributed by atoms with Gasteiger partial charge in [0.2, 0.25) is 0 Å². The molecule has 0 saturated carbocycles. The molecule has 0 radical (unpaired) electrons. The highest BCUT2D eigenvalue weighted by molar-refractivity contribution is 7.27. The van der Waals surface area contributed by atoms with Gasteiger partial charge in [-0.15, -0.1) is 22.7 Å². The topological polar surface area (TPSA) is 25.8 Å². The molecule has 4 heteroatoms. The molecule has 0 aliphatic heterocycles. The Hall–Kier alpha value is -2.82. The normalized spacial score (nSPS) is 12.5. The molecule has 0 amide bonds. The Bertz CT molecular complexity index is 1580. The van der Waals surface area contributed by atoms with Crippen LogP contribution in [0.25, 0.3) is 52.4 Å².